The van der Waals surface area contributed by atoms with E-state index in [1.807, 2.05) is 6.92 Å². The van der Waals surface area contributed by atoms with Gasteiger partial charge in [0, 0.05) is 24.2 Å². The van der Waals surface area contributed by atoms with E-state index >= 15 is 0 Å². The summed E-state index contributed by atoms with van der Waals surface area (Å²) < 4.78 is 26.6. The van der Waals surface area contributed by atoms with Crippen LogP contribution in [0.25, 0.3) is 0 Å². The van der Waals surface area contributed by atoms with Crippen molar-refractivity contribution in [1.29, 1.82) is 0 Å². The van der Waals surface area contributed by atoms with Crippen molar-refractivity contribution < 1.29 is 13.2 Å². The highest BCUT2D eigenvalue weighted by Gasteiger charge is 2.27. The van der Waals surface area contributed by atoms with Gasteiger partial charge in [0.05, 0.1) is 4.90 Å². The first-order valence-corrected chi connectivity index (χ1v) is 8.02. The average Bonchev–Trinajstić information content (AvgIpc) is 3.11. The molecule has 2 rings (SSSR count). The number of carbonyl (C=O) groups is 1. The molecule has 1 aromatic rings. The van der Waals surface area contributed by atoms with Crippen molar-refractivity contribution in [3.63, 3.8) is 0 Å². The zero-order chi connectivity index (χ0) is 14.8. The van der Waals surface area contributed by atoms with Crippen LogP contribution in [0.2, 0.25) is 0 Å². The number of hydrogen-bond donors (Lipinski definition) is 3. The lowest BCUT2D eigenvalue weighted by molar-refractivity contribution is -0.118. The summed E-state index contributed by atoms with van der Waals surface area (Å²) >= 11 is 0. The lowest BCUT2D eigenvalue weighted by Crippen LogP contribution is -2.26. The van der Waals surface area contributed by atoms with Gasteiger partial charge in [-0.3, -0.25) is 4.79 Å². The maximum atomic E-state index is 12.0. The Balaban J connectivity index is 2.00. The smallest absolute Gasteiger partial charge is 0.240 e. The molecule has 1 atom stereocenters. The molecule has 0 spiro atoms. The third-order valence-electron chi connectivity index (χ3n) is 2.98. The fourth-order valence-electron chi connectivity index (χ4n) is 1.86. The number of carbonyl (C=O) groups excluding carboxylic acids is 1. The van der Waals surface area contributed by atoms with Crippen LogP contribution < -0.4 is 15.8 Å². The molecular formula is C13H19N3O3S. The van der Waals surface area contributed by atoms with Crippen LogP contribution in [-0.4, -0.2) is 26.4 Å². The maximum absolute atomic E-state index is 12.0. The van der Waals surface area contributed by atoms with Crippen molar-refractivity contribution in [2.45, 2.75) is 43.2 Å². The zero-order valence-corrected chi connectivity index (χ0v) is 12.1. The van der Waals surface area contributed by atoms with Gasteiger partial charge in [-0.1, -0.05) is 0 Å². The number of rotatable bonds is 7. The minimum Gasteiger partial charge on any atom is -0.382 e. The third-order valence-corrected chi connectivity index (χ3v) is 4.52. The van der Waals surface area contributed by atoms with E-state index in [4.69, 9.17) is 5.73 Å². The molecule has 7 heteroatoms. The molecule has 1 aliphatic carbocycles. The molecule has 1 saturated carbocycles. The van der Waals surface area contributed by atoms with Crippen LogP contribution in [0.3, 0.4) is 0 Å². The van der Waals surface area contributed by atoms with Crippen LogP contribution in [0.1, 0.15) is 26.2 Å². The highest BCUT2D eigenvalue weighted by molar-refractivity contribution is 7.89. The molecule has 0 saturated heterocycles. The second-order valence-electron chi connectivity index (χ2n) is 5.14. The van der Waals surface area contributed by atoms with Gasteiger partial charge in [-0.15, -0.1) is 0 Å². The molecule has 0 radical (unpaired) electrons. The van der Waals surface area contributed by atoms with Gasteiger partial charge in [-0.05, 0) is 44.0 Å². The summed E-state index contributed by atoms with van der Waals surface area (Å²) in [5.41, 5.74) is 5.87. The van der Waals surface area contributed by atoms with Gasteiger partial charge in [0.25, 0.3) is 0 Å². The Morgan fingerprint density at radius 3 is 2.45 bits per heavy atom. The third kappa shape index (κ3) is 4.21. The largest absolute Gasteiger partial charge is 0.382 e. The van der Waals surface area contributed by atoms with E-state index in [0.29, 0.717) is 0 Å². The summed E-state index contributed by atoms with van der Waals surface area (Å²) in [6.45, 7) is 1.84. The Labute approximate surface area is 118 Å². The van der Waals surface area contributed by atoms with Gasteiger partial charge < -0.3 is 11.1 Å². The van der Waals surface area contributed by atoms with Gasteiger partial charge in [-0.2, -0.15) is 0 Å². The number of primary amides is 1. The van der Waals surface area contributed by atoms with Gasteiger partial charge in [-0.25, -0.2) is 13.1 Å². The number of sulfonamides is 1. The summed E-state index contributed by atoms with van der Waals surface area (Å²) in [4.78, 5) is 11.0. The zero-order valence-electron chi connectivity index (χ0n) is 11.3. The molecule has 1 aliphatic rings. The van der Waals surface area contributed by atoms with Gasteiger partial charge in [0.2, 0.25) is 15.9 Å². The molecule has 1 aromatic carbocycles. The standard InChI is InChI=1S/C13H19N3O3S/c1-9(8-13(14)17)15-10-4-6-12(7-5-10)20(18,19)16-11-2-3-11/h4-7,9,11,15-16H,2-3,8H2,1H3,(H2,14,17). The SMILES string of the molecule is CC(CC(N)=O)Nc1ccc(S(=O)(=O)NC2CC2)cc1. The normalized spacial score (nSPS) is 16.6. The van der Waals surface area contributed by atoms with Crippen LogP contribution >= 0.6 is 0 Å². The van der Waals surface area contributed by atoms with Crippen molar-refractivity contribution in [1.82, 2.24) is 4.72 Å². The van der Waals surface area contributed by atoms with E-state index in [1.165, 1.54) is 0 Å². The first-order chi connectivity index (χ1) is 9.37. The Hall–Kier alpha value is -1.60. The van der Waals surface area contributed by atoms with Crippen molar-refractivity contribution in [3.8, 4) is 0 Å². The van der Waals surface area contributed by atoms with Gasteiger partial charge in [0.1, 0.15) is 0 Å². The van der Waals surface area contributed by atoms with E-state index in [9.17, 15) is 13.2 Å². The molecule has 0 aliphatic heterocycles. The van der Waals surface area contributed by atoms with Gasteiger partial charge >= 0.3 is 0 Å². The van der Waals surface area contributed by atoms with Crippen molar-refractivity contribution in [2.75, 3.05) is 5.32 Å². The summed E-state index contributed by atoms with van der Waals surface area (Å²) in [5, 5.41) is 3.09. The second-order valence-corrected chi connectivity index (χ2v) is 6.85. The molecule has 0 aromatic heterocycles. The highest BCUT2D eigenvalue weighted by Crippen LogP contribution is 2.23. The van der Waals surface area contributed by atoms with Crippen LogP contribution in [0.5, 0.6) is 0 Å². The molecule has 1 unspecified atom stereocenters. The van der Waals surface area contributed by atoms with Crippen molar-refractivity contribution in [3.05, 3.63) is 24.3 Å². The van der Waals surface area contributed by atoms with E-state index in [-0.39, 0.29) is 29.3 Å². The monoisotopic (exact) mass is 297 g/mol. The average molecular weight is 297 g/mol. The predicted octanol–water partition coefficient (Wildman–Crippen LogP) is 0.803. The van der Waals surface area contributed by atoms with E-state index < -0.39 is 10.0 Å². The number of benzene rings is 1. The summed E-state index contributed by atoms with van der Waals surface area (Å²) in [6.07, 6.45) is 2.04. The number of amides is 1. The molecule has 20 heavy (non-hydrogen) atoms. The Morgan fingerprint density at radius 1 is 1.35 bits per heavy atom. The first-order valence-electron chi connectivity index (χ1n) is 6.54. The minimum atomic E-state index is -3.41. The number of hydrogen-bond acceptors (Lipinski definition) is 4. The Morgan fingerprint density at radius 2 is 1.95 bits per heavy atom. The topological polar surface area (TPSA) is 101 Å². The van der Waals surface area contributed by atoms with Gasteiger partial charge in [0.15, 0.2) is 0 Å². The van der Waals surface area contributed by atoms with Crippen LogP contribution in [0.4, 0.5) is 5.69 Å². The van der Waals surface area contributed by atoms with E-state index in [2.05, 4.69) is 10.0 Å². The lowest BCUT2D eigenvalue weighted by atomic mass is 10.2. The Bertz CT molecular complexity index is 579. The molecule has 4 N–H and O–H groups in total. The molecule has 0 heterocycles. The first kappa shape index (κ1) is 14.8. The molecule has 0 bridgehead atoms. The quantitative estimate of drug-likeness (QED) is 0.693. The summed E-state index contributed by atoms with van der Waals surface area (Å²) in [7, 11) is -3.41. The molecular weight excluding hydrogens is 278 g/mol. The lowest BCUT2D eigenvalue weighted by Gasteiger charge is -2.14. The highest BCUT2D eigenvalue weighted by atomic mass is 32.2. The Kier molecular flexibility index (Phi) is 4.29. The fraction of sp³-hybridized carbons (Fsp3) is 0.462. The van der Waals surface area contributed by atoms with Crippen molar-refractivity contribution in [2.24, 2.45) is 5.73 Å². The number of nitrogens with two attached hydrogens (primary N) is 1. The van der Waals surface area contributed by atoms with Crippen LogP contribution in [0.15, 0.2) is 29.2 Å². The van der Waals surface area contributed by atoms with Crippen LogP contribution in [-0.2, 0) is 14.8 Å². The maximum Gasteiger partial charge on any atom is 0.240 e. The minimum absolute atomic E-state index is 0.0911. The fourth-order valence-corrected chi connectivity index (χ4v) is 3.16. The molecule has 110 valence electrons. The summed E-state index contributed by atoms with van der Waals surface area (Å²) in [5.74, 6) is -0.377. The number of anilines is 1. The molecule has 1 fully saturated rings. The second kappa shape index (κ2) is 5.80. The van der Waals surface area contributed by atoms with Crippen LogP contribution in [0, 0.1) is 0 Å². The summed E-state index contributed by atoms with van der Waals surface area (Å²) in [6, 6.07) is 6.44. The van der Waals surface area contributed by atoms with E-state index in [1.54, 1.807) is 24.3 Å². The molecule has 1 amide bonds. The predicted molar refractivity (Wildman–Crippen MR) is 76.7 cm³/mol. The van der Waals surface area contributed by atoms with Crippen molar-refractivity contribution >= 4 is 21.6 Å². The number of nitrogens with one attached hydrogen (secondary N) is 2. The molecule has 6 nitrogen and oxygen atoms in total. The van der Waals surface area contributed by atoms with E-state index in [0.717, 1.165) is 18.5 Å².